The number of benzene rings is 4. The van der Waals surface area contributed by atoms with Crippen molar-refractivity contribution in [3.8, 4) is 5.75 Å². The van der Waals surface area contributed by atoms with Crippen LogP contribution in [0.3, 0.4) is 0 Å². The molecule has 7 nitrogen and oxygen atoms in total. The van der Waals surface area contributed by atoms with Gasteiger partial charge in [0.25, 0.3) is 5.56 Å². The Bertz CT molecular complexity index is 1730. The number of hydrogen-bond acceptors (Lipinski definition) is 6. The first kappa shape index (κ1) is 24.7. The van der Waals surface area contributed by atoms with Crippen molar-refractivity contribution >= 4 is 39.7 Å². The molecule has 0 aliphatic carbocycles. The Labute approximate surface area is 230 Å². The minimum Gasteiger partial charge on any atom is -0.483 e. The fourth-order valence-electron chi connectivity index (χ4n) is 4.79. The van der Waals surface area contributed by atoms with Gasteiger partial charge in [-0.15, -0.1) is 0 Å². The van der Waals surface area contributed by atoms with Crippen LogP contribution < -0.4 is 21.0 Å². The van der Waals surface area contributed by atoms with Crippen LogP contribution in [0.5, 0.6) is 5.75 Å². The van der Waals surface area contributed by atoms with Gasteiger partial charge in [0.05, 0.1) is 27.5 Å². The van der Waals surface area contributed by atoms with Crippen LogP contribution in [0.4, 0.5) is 11.4 Å². The van der Waals surface area contributed by atoms with E-state index in [0.717, 1.165) is 11.3 Å². The maximum absolute atomic E-state index is 13.6. The molecule has 194 valence electrons. The second-order valence-corrected chi connectivity index (χ2v) is 9.72. The van der Waals surface area contributed by atoms with Gasteiger partial charge in [-0.05, 0) is 48.9 Å². The van der Waals surface area contributed by atoms with Crippen molar-refractivity contribution in [3.05, 3.63) is 130 Å². The number of aliphatic imine (C=N–C) groups is 1. The second kappa shape index (κ2) is 10.6. The van der Waals surface area contributed by atoms with Crippen LogP contribution in [0.15, 0.2) is 113 Å². The summed E-state index contributed by atoms with van der Waals surface area (Å²) in [5, 5.41) is 4.61. The molecule has 1 aliphatic rings. The maximum atomic E-state index is 13.6. The minimum absolute atomic E-state index is 0.201. The molecule has 2 heterocycles. The number of nitrogens with zero attached hydrogens (tertiary/aromatic N) is 3. The molecule has 0 saturated carbocycles. The number of ether oxygens (including phenoxy) is 1. The Morgan fingerprint density at radius 2 is 1.62 bits per heavy atom. The predicted molar refractivity (Wildman–Crippen MR) is 157 cm³/mol. The fraction of sp³-hybridized carbons (Fsp3) is 0.129. The van der Waals surface area contributed by atoms with Crippen LogP contribution in [0, 0.1) is 12.8 Å². The van der Waals surface area contributed by atoms with Crippen molar-refractivity contribution in [3.63, 3.8) is 0 Å². The van der Waals surface area contributed by atoms with Gasteiger partial charge in [0.2, 0.25) is 0 Å². The normalized spacial score (nSPS) is 16.5. The number of aromatic nitrogens is 2. The Morgan fingerprint density at radius 1 is 0.897 bits per heavy atom. The average Bonchev–Trinajstić information content (AvgIpc) is 3.12. The van der Waals surface area contributed by atoms with E-state index in [0.29, 0.717) is 45.6 Å². The van der Waals surface area contributed by atoms with Crippen LogP contribution in [-0.4, -0.2) is 22.0 Å². The van der Waals surface area contributed by atoms with Crippen molar-refractivity contribution in [1.29, 1.82) is 0 Å². The molecule has 1 aromatic heterocycles. The zero-order chi connectivity index (χ0) is 26.8. The molecule has 4 aromatic carbocycles. The number of rotatable bonds is 5. The summed E-state index contributed by atoms with van der Waals surface area (Å²) in [5.41, 5.74) is 6.22. The third-order valence-corrected chi connectivity index (χ3v) is 7.09. The Morgan fingerprint density at radius 3 is 2.46 bits per heavy atom. The zero-order valence-electron chi connectivity index (χ0n) is 21.2. The summed E-state index contributed by atoms with van der Waals surface area (Å²) in [5.74, 6) is 1.41. The first-order valence-electron chi connectivity index (χ1n) is 12.7. The van der Waals surface area contributed by atoms with E-state index in [1.807, 2.05) is 97.1 Å². The lowest BCUT2D eigenvalue weighted by atomic mass is 9.94. The minimum atomic E-state index is -0.416. The Hall–Kier alpha value is -4.62. The molecule has 8 heteroatoms. The van der Waals surface area contributed by atoms with Gasteiger partial charge < -0.3 is 10.1 Å². The lowest BCUT2D eigenvalue weighted by molar-refractivity contribution is 0.175. The lowest BCUT2D eigenvalue weighted by Gasteiger charge is -2.29. The summed E-state index contributed by atoms with van der Waals surface area (Å²) >= 11 is 6.47. The molecular formula is C31H26ClN5O2. The second-order valence-electron chi connectivity index (χ2n) is 9.31. The molecule has 1 aliphatic heterocycles. The van der Waals surface area contributed by atoms with Crippen molar-refractivity contribution in [1.82, 2.24) is 9.66 Å². The van der Waals surface area contributed by atoms with Crippen molar-refractivity contribution in [2.45, 2.75) is 13.0 Å². The quantitative estimate of drug-likeness (QED) is 0.269. The highest BCUT2D eigenvalue weighted by atomic mass is 35.5. The molecular weight excluding hydrogens is 510 g/mol. The van der Waals surface area contributed by atoms with E-state index in [1.165, 1.54) is 4.68 Å². The molecule has 2 N–H and O–H groups in total. The van der Waals surface area contributed by atoms with Gasteiger partial charge in [-0.1, -0.05) is 78.3 Å². The number of hydrogen-bond donors (Lipinski definition) is 2. The Kier molecular flexibility index (Phi) is 6.73. The zero-order valence-corrected chi connectivity index (χ0v) is 22.0. The van der Waals surface area contributed by atoms with E-state index < -0.39 is 6.10 Å². The molecule has 0 saturated heterocycles. The fourth-order valence-corrected chi connectivity index (χ4v) is 5.00. The van der Waals surface area contributed by atoms with E-state index in [9.17, 15) is 4.79 Å². The van der Waals surface area contributed by atoms with Gasteiger partial charge in [0.15, 0.2) is 0 Å². The number of nitrogens with one attached hydrogen (secondary N) is 2. The highest BCUT2D eigenvalue weighted by Crippen LogP contribution is 2.39. The molecule has 6 rings (SSSR count). The van der Waals surface area contributed by atoms with E-state index in [2.05, 4.69) is 15.7 Å². The summed E-state index contributed by atoms with van der Waals surface area (Å²) < 4.78 is 8.10. The molecule has 39 heavy (non-hydrogen) atoms. The van der Waals surface area contributed by atoms with E-state index in [4.69, 9.17) is 21.3 Å². The lowest BCUT2D eigenvalue weighted by Crippen LogP contribution is -2.42. The third-order valence-electron chi connectivity index (χ3n) is 6.76. The summed E-state index contributed by atoms with van der Waals surface area (Å²) in [4.78, 5) is 23.2. The Balaban J connectivity index is 1.48. The van der Waals surface area contributed by atoms with Crippen LogP contribution in [0.1, 0.15) is 17.5 Å². The van der Waals surface area contributed by atoms with Gasteiger partial charge in [0.1, 0.15) is 29.2 Å². The molecule has 0 radical (unpaired) electrons. The van der Waals surface area contributed by atoms with Gasteiger partial charge in [-0.25, -0.2) is 14.7 Å². The summed E-state index contributed by atoms with van der Waals surface area (Å²) in [7, 11) is 0. The van der Waals surface area contributed by atoms with E-state index in [1.54, 1.807) is 13.0 Å². The topological polar surface area (TPSA) is 80.5 Å². The third kappa shape index (κ3) is 4.96. The van der Waals surface area contributed by atoms with Crippen LogP contribution in [0.2, 0.25) is 5.02 Å². The summed E-state index contributed by atoms with van der Waals surface area (Å²) in [6.45, 7) is 2.23. The van der Waals surface area contributed by atoms with Gasteiger partial charge in [0, 0.05) is 6.54 Å². The molecule has 0 spiro atoms. The highest BCUT2D eigenvalue weighted by molar-refractivity contribution is 6.33. The number of fused-ring (bicyclic) bond motifs is 2. The summed E-state index contributed by atoms with van der Waals surface area (Å²) in [6, 6.07) is 32.6. The summed E-state index contributed by atoms with van der Waals surface area (Å²) in [6.07, 6.45) is -0.416. The first-order chi connectivity index (χ1) is 19.1. The molecule has 2 unspecified atom stereocenters. The number of para-hydroxylation sites is 4. The molecule has 0 amide bonds. The number of halogens is 1. The number of anilines is 1. The maximum Gasteiger partial charge on any atom is 0.280 e. The van der Waals surface area contributed by atoms with Crippen molar-refractivity contribution in [2.24, 2.45) is 10.9 Å². The van der Waals surface area contributed by atoms with Crippen LogP contribution >= 0.6 is 11.6 Å². The first-order valence-corrected chi connectivity index (χ1v) is 13.1. The monoisotopic (exact) mass is 535 g/mol. The van der Waals surface area contributed by atoms with Crippen molar-refractivity contribution < 1.29 is 4.74 Å². The van der Waals surface area contributed by atoms with Crippen LogP contribution in [-0.2, 0) is 0 Å². The van der Waals surface area contributed by atoms with Gasteiger partial charge in [-0.3, -0.25) is 10.2 Å². The van der Waals surface area contributed by atoms with Gasteiger partial charge >= 0.3 is 0 Å². The van der Waals surface area contributed by atoms with Gasteiger partial charge in [-0.2, -0.15) is 0 Å². The molecule has 5 aromatic rings. The van der Waals surface area contributed by atoms with E-state index >= 15 is 0 Å². The predicted octanol–water partition coefficient (Wildman–Crippen LogP) is 6.49. The molecule has 2 atom stereocenters. The van der Waals surface area contributed by atoms with Crippen LogP contribution in [0.25, 0.3) is 10.9 Å². The molecule has 0 fully saturated rings. The smallest absolute Gasteiger partial charge is 0.280 e. The van der Waals surface area contributed by atoms with Crippen molar-refractivity contribution in [2.75, 3.05) is 17.3 Å². The number of amidine groups is 1. The van der Waals surface area contributed by atoms with E-state index in [-0.39, 0.29) is 11.5 Å². The standard InChI is InChI=1S/C31H26ClN5O2/c1-20-34-25-15-7-5-13-22(25)31(38)37(20)36-30-23(19-33-26-16-8-6-14-24(26)32)29(21-11-3-2-4-12-21)39-28-18-10-9-17-27(28)35-30/h2-18,23,29,33H,19H2,1H3,(H,35,36). The molecule has 0 bridgehead atoms. The SMILES string of the molecule is Cc1nc2ccccc2c(=O)n1NC1=Nc2ccccc2OC(c2ccccc2)C1CNc1ccccc1Cl. The average molecular weight is 536 g/mol. The highest BCUT2D eigenvalue weighted by Gasteiger charge is 2.34. The largest absolute Gasteiger partial charge is 0.483 e. The number of aryl methyl sites for hydroxylation is 1.